The van der Waals surface area contributed by atoms with Crippen molar-refractivity contribution in [1.29, 1.82) is 0 Å². The Balaban J connectivity index is -0.0000000491. The van der Waals surface area contributed by atoms with E-state index in [2.05, 4.69) is 7.42 Å². The summed E-state index contributed by atoms with van der Waals surface area (Å²) in [5, 5.41) is 0. The molecule has 0 saturated heterocycles. The van der Waals surface area contributed by atoms with Crippen molar-refractivity contribution >= 4 is 63.9 Å². The molecule has 0 heterocycles. The first-order valence-corrected chi connectivity index (χ1v) is 6.08. The molecule has 5 nitrogen and oxygen atoms in total. The topological polar surface area (TPSA) is 69.7 Å². The van der Waals surface area contributed by atoms with Crippen molar-refractivity contribution in [3.63, 3.8) is 0 Å². The molecule has 4 radical (unpaired) electrons. The van der Waals surface area contributed by atoms with Crippen LogP contribution in [0.2, 0.25) is 0 Å². The fourth-order valence-corrected chi connectivity index (χ4v) is 0. The predicted octanol–water partition coefficient (Wildman–Crippen LogP) is -0.319. The van der Waals surface area contributed by atoms with Crippen LogP contribution in [0, 0.1) is 0 Å². The van der Waals surface area contributed by atoms with Gasteiger partial charge in [-0.05, 0) is 0 Å². The molecule has 0 amide bonds. The molecular formula is C6H14O5Pb2. The zero-order chi connectivity index (χ0) is 10.6. The molecule has 13 heavy (non-hydrogen) atoms. The number of methoxy groups -OCH3 is 1. The van der Waals surface area contributed by atoms with Crippen molar-refractivity contribution in [1.82, 2.24) is 0 Å². The zero-order valence-corrected chi connectivity index (χ0v) is 15.5. The molecule has 0 fully saturated rings. The molecular weight excluding hydrogens is 566 g/mol. The second kappa shape index (κ2) is 22.9. The van der Waals surface area contributed by atoms with Crippen molar-refractivity contribution < 1.29 is 19.7 Å². The van der Waals surface area contributed by atoms with E-state index in [1.807, 2.05) is 0 Å². The molecule has 0 aromatic rings. The number of hydrogen-bond acceptors (Lipinski definition) is 5. The standard InChI is InChI=1S/C3H6O2.C2H4O2.CH4.O.2Pb.H/c1-3(4)5-2;1-2(3)4;;;;;/h1-2H3;1H3,(H,3,4);1H4;;;;/q;;;;;+1;/p-1. The van der Waals surface area contributed by atoms with Gasteiger partial charge in [-0.25, -0.2) is 0 Å². The van der Waals surface area contributed by atoms with E-state index in [9.17, 15) is 9.59 Å². The van der Waals surface area contributed by atoms with Gasteiger partial charge in [-0.15, -0.1) is 0 Å². The Bertz CT molecular complexity index is 114. The zero-order valence-electron chi connectivity index (χ0n) is 7.12. The van der Waals surface area contributed by atoms with Gasteiger partial charge in [0.05, 0.1) is 7.11 Å². The molecule has 0 bridgehead atoms. The van der Waals surface area contributed by atoms with Crippen molar-refractivity contribution in [3.8, 4) is 0 Å². The minimum atomic E-state index is -0.245. The number of rotatable bonds is 0. The van der Waals surface area contributed by atoms with E-state index in [0.717, 1.165) is 0 Å². The Morgan fingerprint density at radius 2 is 1.31 bits per heavy atom. The number of hydrogen-bond donors (Lipinski definition) is 0. The Hall–Kier alpha value is 0.584. The van der Waals surface area contributed by atoms with Crippen LogP contribution in [0.1, 0.15) is 21.3 Å². The quantitative estimate of drug-likeness (QED) is 0.291. The summed E-state index contributed by atoms with van der Waals surface area (Å²) in [6.07, 6.45) is 0. The Morgan fingerprint density at radius 3 is 1.31 bits per heavy atom. The van der Waals surface area contributed by atoms with E-state index in [0.29, 0.717) is 26.2 Å². The molecule has 0 rings (SSSR count). The van der Waals surface area contributed by atoms with E-state index in [1.54, 1.807) is 0 Å². The van der Waals surface area contributed by atoms with Crippen LogP contribution in [-0.4, -0.2) is 71.0 Å². The monoisotopic (exact) mass is 582 g/mol. The summed E-state index contributed by atoms with van der Waals surface area (Å²) in [6, 6.07) is 0. The Labute approximate surface area is 111 Å². The van der Waals surface area contributed by atoms with Crippen molar-refractivity contribution in [3.05, 3.63) is 0 Å². The average molecular weight is 581 g/mol. The average Bonchev–Trinajstić information content (AvgIpc) is 2.09. The van der Waals surface area contributed by atoms with Crippen LogP contribution < -0.4 is 0 Å². The van der Waals surface area contributed by atoms with Crippen molar-refractivity contribution in [2.75, 3.05) is 7.11 Å². The van der Waals surface area contributed by atoms with Crippen molar-refractivity contribution in [2.24, 2.45) is 0 Å². The van der Waals surface area contributed by atoms with Gasteiger partial charge in [0.2, 0.25) is 0 Å². The first-order chi connectivity index (χ1) is 5.54. The first-order valence-electron chi connectivity index (χ1n) is 2.66. The number of esters is 1. The van der Waals surface area contributed by atoms with E-state index in [-0.39, 0.29) is 45.1 Å². The van der Waals surface area contributed by atoms with E-state index in [4.69, 9.17) is 2.69 Å². The number of ether oxygens (including phenoxy) is 1. The minimum absolute atomic E-state index is 0. The summed E-state index contributed by atoms with van der Waals surface area (Å²) in [5.41, 5.74) is 0. The van der Waals surface area contributed by atoms with E-state index in [1.165, 1.54) is 21.0 Å². The molecule has 0 atom stereocenters. The van der Waals surface area contributed by atoms with Gasteiger partial charge in [0.25, 0.3) is 0 Å². The van der Waals surface area contributed by atoms with Gasteiger partial charge in [0.15, 0.2) is 0 Å². The number of carbonyl (C=O) groups excluding carboxylic acids is 2. The van der Waals surface area contributed by atoms with Gasteiger partial charge in [0, 0.05) is 6.92 Å². The van der Waals surface area contributed by atoms with Crippen LogP contribution >= 0.6 is 0 Å². The molecule has 0 aliphatic carbocycles. The summed E-state index contributed by atoms with van der Waals surface area (Å²) in [4.78, 5) is 19.2. The molecule has 0 aromatic heterocycles. The van der Waals surface area contributed by atoms with Crippen LogP contribution in [0.5, 0.6) is 0 Å². The summed E-state index contributed by atoms with van der Waals surface area (Å²) in [6.45, 7) is 2.76. The third kappa shape index (κ3) is 67.1. The van der Waals surface area contributed by atoms with Gasteiger partial charge >= 0.3 is 81.0 Å². The van der Waals surface area contributed by atoms with Crippen LogP contribution in [0.25, 0.3) is 0 Å². The van der Waals surface area contributed by atoms with E-state index < -0.39 is 0 Å². The molecule has 76 valence electrons. The normalized spacial score (nSPS) is 5.54. The first kappa shape index (κ1) is 23.4. The summed E-state index contributed by atoms with van der Waals surface area (Å²) >= 11 is 0.414. The second-order valence-electron chi connectivity index (χ2n) is 1.31. The fraction of sp³-hybridized carbons (Fsp3) is 0.667. The summed E-state index contributed by atoms with van der Waals surface area (Å²) in [7, 11) is 1.35. The third-order valence-corrected chi connectivity index (χ3v) is 1.74. The predicted molar refractivity (Wildman–Crippen MR) is 49.8 cm³/mol. The van der Waals surface area contributed by atoms with Crippen molar-refractivity contribution in [2.45, 2.75) is 21.3 Å². The second-order valence-corrected chi connectivity index (χ2v) is 2.22. The van der Waals surface area contributed by atoms with E-state index >= 15 is 0 Å². The number of carbonyl (C=O) groups is 2. The molecule has 0 aliphatic heterocycles. The molecule has 0 saturated carbocycles. The molecule has 0 unspecified atom stereocenters. The maximum atomic E-state index is 9.63. The van der Waals surface area contributed by atoms with Gasteiger partial charge in [-0.3, -0.25) is 4.79 Å². The van der Waals surface area contributed by atoms with Gasteiger partial charge in [-0.2, -0.15) is 0 Å². The van der Waals surface area contributed by atoms with Crippen LogP contribution in [0.3, 0.4) is 0 Å². The van der Waals surface area contributed by atoms with Crippen LogP contribution in [-0.2, 0) is 19.7 Å². The summed E-state index contributed by atoms with van der Waals surface area (Å²) in [5.74, 6) is -0.417. The fourth-order valence-electron chi connectivity index (χ4n) is 0. The molecule has 7 heteroatoms. The molecule has 0 aliphatic rings. The Morgan fingerprint density at radius 1 is 1.15 bits per heavy atom. The van der Waals surface area contributed by atoms with Gasteiger partial charge in [-0.1, -0.05) is 7.43 Å². The van der Waals surface area contributed by atoms with Crippen LogP contribution in [0.15, 0.2) is 0 Å². The van der Waals surface area contributed by atoms with Gasteiger partial charge in [0.1, 0.15) is 0 Å². The summed E-state index contributed by atoms with van der Waals surface area (Å²) < 4.78 is 16.8. The molecule has 0 N–H and O–H groups in total. The maximum absolute atomic E-state index is 9.63. The van der Waals surface area contributed by atoms with Crippen LogP contribution in [0.4, 0.5) is 0 Å². The molecule has 0 aromatic carbocycles. The Kier molecular flexibility index (Phi) is 41.3. The SMILES string of the molecule is C.CC(=O)[O][PbH].COC(C)=O.[O]=[Pb]. The third-order valence-electron chi connectivity index (χ3n) is 0.453. The molecule has 0 spiro atoms. The van der Waals surface area contributed by atoms with Gasteiger partial charge < -0.3 is 4.74 Å².